The summed E-state index contributed by atoms with van der Waals surface area (Å²) in [5.41, 5.74) is 2.11. The number of aromatic amines is 1. The molecule has 0 aliphatic heterocycles. The number of methoxy groups -OCH3 is 1. The molecule has 0 amide bonds. The highest BCUT2D eigenvalue weighted by Crippen LogP contribution is 2.27. The van der Waals surface area contributed by atoms with E-state index in [2.05, 4.69) is 27.4 Å². The molecule has 0 atom stereocenters. The molecule has 3 rings (SSSR count). The number of aryl methyl sites for hydroxylation is 1. The first-order chi connectivity index (χ1) is 12.7. The van der Waals surface area contributed by atoms with Crippen molar-refractivity contribution in [1.82, 2.24) is 14.9 Å². The van der Waals surface area contributed by atoms with E-state index in [0.717, 1.165) is 12.0 Å². The van der Waals surface area contributed by atoms with Crippen LogP contribution in [-0.2, 0) is 6.42 Å². The number of hydrogen-bond acceptors (Lipinski definition) is 5. The average molecular weight is 368 g/mol. The molecule has 0 aliphatic carbocycles. The van der Waals surface area contributed by atoms with Crippen molar-refractivity contribution in [3.63, 3.8) is 0 Å². The van der Waals surface area contributed by atoms with E-state index in [1.165, 1.54) is 5.56 Å². The molecule has 26 heavy (non-hydrogen) atoms. The molecule has 0 fully saturated rings. The van der Waals surface area contributed by atoms with Crippen molar-refractivity contribution in [3.05, 3.63) is 70.3 Å². The molecule has 0 aliphatic rings. The fourth-order valence-electron chi connectivity index (χ4n) is 2.44. The van der Waals surface area contributed by atoms with Crippen molar-refractivity contribution in [2.75, 3.05) is 13.7 Å². The summed E-state index contributed by atoms with van der Waals surface area (Å²) in [5.74, 6) is 2.06. The number of hydrogen-bond donors (Lipinski definition) is 1. The molecule has 0 bridgehead atoms. The van der Waals surface area contributed by atoms with Gasteiger partial charge in [-0.15, -0.1) is 0 Å². The van der Waals surface area contributed by atoms with Crippen LogP contribution in [0.4, 0.5) is 0 Å². The Labute approximate surface area is 157 Å². The molecule has 1 N–H and O–H groups in total. The van der Waals surface area contributed by atoms with Gasteiger partial charge in [0, 0.05) is 6.42 Å². The largest absolute Gasteiger partial charge is 0.493 e. The lowest BCUT2D eigenvalue weighted by atomic mass is 10.2. The van der Waals surface area contributed by atoms with E-state index in [1.807, 2.05) is 43.3 Å². The second kappa shape index (κ2) is 8.44. The normalized spacial score (nSPS) is 11.0. The number of nitrogens with zero attached hydrogens (tertiary/aromatic N) is 3. The molecule has 0 radical (unpaired) electrons. The Balaban J connectivity index is 1.68. The Bertz CT molecular complexity index is 948. The van der Waals surface area contributed by atoms with Crippen LogP contribution in [0.5, 0.6) is 11.5 Å². The van der Waals surface area contributed by atoms with E-state index in [-0.39, 0.29) is 0 Å². The topological polar surface area (TPSA) is 64.4 Å². The van der Waals surface area contributed by atoms with E-state index in [9.17, 15) is 0 Å². The monoisotopic (exact) mass is 368 g/mol. The van der Waals surface area contributed by atoms with Crippen LogP contribution in [-0.4, -0.2) is 34.8 Å². The third-order valence-corrected chi connectivity index (χ3v) is 4.08. The van der Waals surface area contributed by atoms with Gasteiger partial charge < -0.3 is 9.47 Å². The van der Waals surface area contributed by atoms with Gasteiger partial charge >= 0.3 is 0 Å². The van der Waals surface area contributed by atoms with Gasteiger partial charge in [0.1, 0.15) is 5.82 Å². The number of aromatic nitrogens is 3. The van der Waals surface area contributed by atoms with Crippen LogP contribution in [0.15, 0.2) is 53.6 Å². The third-order valence-electron chi connectivity index (χ3n) is 3.81. The number of nitrogens with one attached hydrogen (secondary N) is 1. The summed E-state index contributed by atoms with van der Waals surface area (Å²) in [5, 5.41) is 11.1. The standard InChI is InChI=1S/C19H20N4O2S/c1-14-21-22-19(26)23(14)20-13-16-8-9-17(18(12-16)24-2)25-11-10-15-6-4-3-5-7-15/h3-9,12-13H,10-11H2,1-2H3,(H,22,26)/b20-13-. The van der Waals surface area contributed by atoms with Crippen LogP contribution in [0.3, 0.4) is 0 Å². The van der Waals surface area contributed by atoms with E-state index >= 15 is 0 Å². The van der Waals surface area contributed by atoms with Gasteiger partial charge in [0.05, 0.1) is 19.9 Å². The lowest BCUT2D eigenvalue weighted by Crippen LogP contribution is -2.03. The van der Waals surface area contributed by atoms with Gasteiger partial charge in [-0.25, -0.2) is 0 Å². The molecule has 2 aromatic carbocycles. The zero-order valence-electron chi connectivity index (χ0n) is 14.7. The Morgan fingerprint density at radius 1 is 1.19 bits per heavy atom. The maximum Gasteiger partial charge on any atom is 0.216 e. The van der Waals surface area contributed by atoms with Crippen LogP contribution in [0.25, 0.3) is 0 Å². The Kier molecular flexibility index (Phi) is 5.80. The third kappa shape index (κ3) is 4.37. The van der Waals surface area contributed by atoms with Gasteiger partial charge in [-0.1, -0.05) is 30.3 Å². The van der Waals surface area contributed by atoms with Crippen molar-refractivity contribution in [2.24, 2.45) is 5.10 Å². The summed E-state index contributed by atoms with van der Waals surface area (Å²) in [6.07, 6.45) is 2.54. The summed E-state index contributed by atoms with van der Waals surface area (Å²) >= 11 is 5.13. The van der Waals surface area contributed by atoms with Gasteiger partial charge in [0.2, 0.25) is 4.77 Å². The molecule has 1 aromatic heterocycles. The van der Waals surface area contributed by atoms with Crippen LogP contribution < -0.4 is 9.47 Å². The summed E-state index contributed by atoms with van der Waals surface area (Å²) in [6.45, 7) is 2.41. The summed E-state index contributed by atoms with van der Waals surface area (Å²) in [6, 6.07) is 15.9. The van der Waals surface area contributed by atoms with E-state index in [0.29, 0.717) is 28.7 Å². The molecule has 134 valence electrons. The van der Waals surface area contributed by atoms with Crippen molar-refractivity contribution < 1.29 is 9.47 Å². The maximum atomic E-state index is 5.87. The van der Waals surface area contributed by atoms with Crippen LogP contribution in [0.1, 0.15) is 17.0 Å². The molecule has 1 heterocycles. The maximum absolute atomic E-state index is 5.87. The lowest BCUT2D eigenvalue weighted by molar-refractivity contribution is 0.297. The van der Waals surface area contributed by atoms with Gasteiger partial charge in [-0.05, 0) is 48.5 Å². The lowest BCUT2D eigenvalue weighted by Gasteiger charge is -2.11. The minimum Gasteiger partial charge on any atom is -0.493 e. The van der Waals surface area contributed by atoms with Crippen molar-refractivity contribution >= 4 is 18.4 Å². The molecule has 0 saturated heterocycles. The number of ether oxygens (including phenoxy) is 2. The average Bonchev–Trinajstić information content (AvgIpc) is 2.99. The summed E-state index contributed by atoms with van der Waals surface area (Å²) in [4.78, 5) is 0. The first kappa shape index (κ1) is 17.9. The molecular formula is C19H20N4O2S. The molecule has 0 spiro atoms. The fraction of sp³-hybridized carbons (Fsp3) is 0.211. The molecule has 0 saturated carbocycles. The minimum absolute atomic E-state index is 0.451. The van der Waals surface area contributed by atoms with Crippen molar-refractivity contribution in [1.29, 1.82) is 0 Å². The van der Waals surface area contributed by atoms with Crippen LogP contribution in [0, 0.1) is 11.7 Å². The van der Waals surface area contributed by atoms with E-state index < -0.39 is 0 Å². The minimum atomic E-state index is 0.451. The predicted octanol–water partition coefficient (Wildman–Crippen LogP) is 3.76. The molecule has 7 heteroatoms. The second-order valence-corrected chi connectivity index (χ2v) is 6.01. The first-order valence-electron chi connectivity index (χ1n) is 8.20. The van der Waals surface area contributed by atoms with Crippen molar-refractivity contribution in [3.8, 4) is 11.5 Å². The van der Waals surface area contributed by atoms with E-state index in [1.54, 1.807) is 18.0 Å². The molecule has 3 aromatic rings. The molecule has 0 unspecified atom stereocenters. The highest BCUT2D eigenvalue weighted by molar-refractivity contribution is 7.71. The zero-order valence-corrected chi connectivity index (χ0v) is 15.5. The quantitative estimate of drug-likeness (QED) is 0.509. The first-order valence-corrected chi connectivity index (χ1v) is 8.61. The number of H-pyrrole nitrogens is 1. The number of rotatable bonds is 7. The number of benzene rings is 2. The molecular weight excluding hydrogens is 348 g/mol. The van der Waals surface area contributed by atoms with Crippen LogP contribution in [0.2, 0.25) is 0 Å². The van der Waals surface area contributed by atoms with E-state index in [4.69, 9.17) is 21.7 Å². The van der Waals surface area contributed by atoms with Gasteiger partial charge in [-0.3, -0.25) is 5.10 Å². The van der Waals surface area contributed by atoms with Gasteiger partial charge in [-0.2, -0.15) is 14.9 Å². The van der Waals surface area contributed by atoms with Gasteiger partial charge in [0.15, 0.2) is 11.5 Å². The summed E-state index contributed by atoms with van der Waals surface area (Å²) in [7, 11) is 1.62. The fourth-order valence-corrected chi connectivity index (χ4v) is 2.66. The van der Waals surface area contributed by atoms with Crippen LogP contribution >= 0.6 is 12.2 Å². The Morgan fingerprint density at radius 3 is 2.69 bits per heavy atom. The molecule has 6 nitrogen and oxygen atoms in total. The zero-order chi connectivity index (χ0) is 18.4. The second-order valence-electron chi connectivity index (χ2n) is 5.63. The highest BCUT2D eigenvalue weighted by atomic mass is 32.1. The van der Waals surface area contributed by atoms with Crippen molar-refractivity contribution in [2.45, 2.75) is 13.3 Å². The SMILES string of the molecule is COc1cc(/C=N\n2c(C)n[nH]c2=S)ccc1OCCc1ccccc1. The van der Waals surface area contributed by atoms with Gasteiger partial charge in [0.25, 0.3) is 0 Å². The summed E-state index contributed by atoms with van der Waals surface area (Å²) < 4.78 is 13.3. The predicted molar refractivity (Wildman–Crippen MR) is 104 cm³/mol. The Morgan fingerprint density at radius 2 is 2.00 bits per heavy atom. The highest BCUT2D eigenvalue weighted by Gasteiger charge is 2.06. The smallest absolute Gasteiger partial charge is 0.216 e. The Hall–Kier alpha value is -2.93.